The highest BCUT2D eigenvalue weighted by Crippen LogP contribution is 2.17. The molecule has 0 radical (unpaired) electrons. The Bertz CT molecular complexity index is 375. The van der Waals surface area contributed by atoms with Crippen LogP contribution in [0, 0.1) is 0 Å². The molecule has 0 aromatic rings. The Morgan fingerprint density at radius 1 is 1.21 bits per heavy atom. The van der Waals surface area contributed by atoms with E-state index in [2.05, 4.69) is 20.3 Å². The topological polar surface area (TPSA) is 82.6 Å². The number of nitrogens with zero attached hydrogens (tertiary/aromatic N) is 1. The van der Waals surface area contributed by atoms with E-state index >= 15 is 0 Å². The van der Waals surface area contributed by atoms with Gasteiger partial charge in [0.15, 0.2) is 5.96 Å². The fourth-order valence-corrected chi connectivity index (χ4v) is 2.74. The van der Waals surface area contributed by atoms with E-state index < -0.39 is 10.0 Å². The summed E-state index contributed by atoms with van der Waals surface area (Å²) < 4.78 is 25.0. The van der Waals surface area contributed by atoms with Crippen molar-refractivity contribution < 1.29 is 8.42 Å². The lowest BCUT2D eigenvalue weighted by Gasteiger charge is -2.24. The molecule has 112 valence electrons. The van der Waals surface area contributed by atoms with Crippen LogP contribution in [0.1, 0.15) is 39.0 Å². The van der Waals surface area contributed by atoms with Gasteiger partial charge in [-0.2, -0.15) is 0 Å². The third-order valence-electron chi connectivity index (χ3n) is 3.29. The molecular weight excluding hydrogens is 264 g/mol. The summed E-state index contributed by atoms with van der Waals surface area (Å²) >= 11 is 0. The standard InChI is InChI=1S/C12H26N4O2S/c1-3-19(17,18)15-10-9-14-12(13-2)16-11-7-5-4-6-8-11/h11,15H,3-10H2,1-2H3,(H2,13,14,16). The number of rotatable bonds is 6. The molecular formula is C12H26N4O2S. The molecule has 0 unspecified atom stereocenters. The smallest absolute Gasteiger partial charge is 0.211 e. The van der Waals surface area contributed by atoms with E-state index in [1.807, 2.05) is 0 Å². The van der Waals surface area contributed by atoms with Gasteiger partial charge in [-0.15, -0.1) is 0 Å². The molecule has 0 aliphatic heterocycles. The summed E-state index contributed by atoms with van der Waals surface area (Å²) in [5.74, 6) is 0.866. The van der Waals surface area contributed by atoms with Crippen LogP contribution in [0.25, 0.3) is 0 Å². The van der Waals surface area contributed by atoms with Crippen molar-refractivity contribution in [1.29, 1.82) is 0 Å². The number of hydrogen-bond donors (Lipinski definition) is 3. The van der Waals surface area contributed by atoms with E-state index in [1.54, 1.807) is 14.0 Å². The van der Waals surface area contributed by atoms with Gasteiger partial charge in [0.05, 0.1) is 5.75 Å². The summed E-state index contributed by atoms with van der Waals surface area (Å²) in [5.41, 5.74) is 0. The molecule has 1 saturated carbocycles. The highest BCUT2D eigenvalue weighted by Gasteiger charge is 2.14. The van der Waals surface area contributed by atoms with Gasteiger partial charge in [0.1, 0.15) is 0 Å². The van der Waals surface area contributed by atoms with Crippen LogP contribution in [0.3, 0.4) is 0 Å². The average Bonchev–Trinajstić information content (AvgIpc) is 2.43. The zero-order chi connectivity index (χ0) is 14.1. The second-order valence-corrected chi connectivity index (χ2v) is 6.87. The number of guanidine groups is 1. The van der Waals surface area contributed by atoms with Crippen molar-refractivity contribution in [1.82, 2.24) is 15.4 Å². The van der Waals surface area contributed by atoms with Gasteiger partial charge in [0, 0.05) is 26.2 Å². The maximum absolute atomic E-state index is 11.2. The molecule has 0 heterocycles. The Kier molecular flexibility index (Phi) is 7.15. The molecule has 3 N–H and O–H groups in total. The van der Waals surface area contributed by atoms with Crippen LogP contribution < -0.4 is 15.4 Å². The summed E-state index contributed by atoms with van der Waals surface area (Å²) in [6.45, 7) is 2.53. The molecule has 1 aliphatic rings. The molecule has 7 heteroatoms. The number of sulfonamides is 1. The Balaban J connectivity index is 2.22. The molecule has 0 aromatic carbocycles. The Labute approximate surface area is 116 Å². The highest BCUT2D eigenvalue weighted by molar-refractivity contribution is 7.89. The average molecular weight is 290 g/mol. The van der Waals surface area contributed by atoms with Crippen LogP contribution >= 0.6 is 0 Å². The van der Waals surface area contributed by atoms with E-state index in [-0.39, 0.29) is 5.75 Å². The van der Waals surface area contributed by atoms with Gasteiger partial charge < -0.3 is 10.6 Å². The number of nitrogens with one attached hydrogen (secondary N) is 3. The molecule has 19 heavy (non-hydrogen) atoms. The Morgan fingerprint density at radius 3 is 2.47 bits per heavy atom. The predicted molar refractivity (Wildman–Crippen MR) is 78.8 cm³/mol. The minimum absolute atomic E-state index is 0.113. The Hall–Kier alpha value is -0.820. The fraction of sp³-hybridized carbons (Fsp3) is 0.917. The largest absolute Gasteiger partial charge is 0.355 e. The van der Waals surface area contributed by atoms with Gasteiger partial charge in [-0.1, -0.05) is 19.3 Å². The normalized spacial score (nSPS) is 18.3. The molecule has 6 nitrogen and oxygen atoms in total. The van der Waals surface area contributed by atoms with Crippen LogP contribution in [0.4, 0.5) is 0 Å². The second kappa shape index (κ2) is 8.37. The van der Waals surface area contributed by atoms with E-state index in [4.69, 9.17) is 0 Å². The minimum Gasteiger partial charge on any atom is -0.355 e. The molecule has 1 rings (SSSR count). The highest BCUT2D eigenvalue weighted by atomic mass is 32.2. The van der Waals surface area contributed by atoms with Gasteiger partial charge in [0.25, 0.3) is 0 Å². The summed E-state index contributed by atoms with van der Waals surface area (Å²) in [5, 5.41) is 6.50. The summed E-state index contributed by atoms with van der Waals surface area (Å²) in [6, 6.07) is 0.493. The molecule has 0 atom stereocenters. The van der Waals surface area contributed by atoms with Gasteiger partial charge in [-0.25, -0.2) is 13.1 Å². The predicted octanol–water partition coefficient (Wildman–Crippen LogP) is 0.423. The lowest BCUT2D eigenvalue weighted by atomic mass is 9.96. The SMILES string of the molecule is CCS(=O)(=O)NCCNC(=NC)NC1CCCCC1. The quantitative estimate of drug-likeness (QED) is 0.376. The first kappa shape index (κ1) is 16.2. The van der Waals surface area contributed by atoms with Crippen molar-refractivity contribution in [2.24, 2.45) is 4.99 Å². The van der Waals surface area contributed by atoms with Gasteiger partial charge >= 0.3 is 0 Å². The van der Waals surface area contributed by atoms with Gasteiger partial charge in [-0.05, 0) is 19.8 Å². The molecule has 1 aliphatic carbocycles. The van der Waals surface area contributed by atoms with E-state index in [1.165, 1.54) is 32.1 Å². The minimum atomic E-state index is -3.10. The van der Waals surface area contributed by atoms with Crippen LogP contribution in [-0.4, -0.2) is 46.3 Å². The van der Waals surface area contributed by atoms with Gasteiger partial charge in [0.2, 0.25) is 10.0 Å². The lowest BCUT2D eigenvalue weighted by Crippen LogP contribution is -2.46. The van der Waals surface area contributed by atoms with Crippen LogP contribution in [-0.2, 0) is 10.0 Å². The Morgan fingerprint density at radius 2 is 1.89 bits per heavy atom. The molecule has 0 saturated heterocycles. The summed E-state index contributed by atoms with van der Waals surface area (Å²) in [4.78, 5) is 4.15. The van der Waals surface area contributed by atoms with Crippen LogP contribution in [0.15, 0.2) is 4.99 Å². The zero-order valence-corrected chi connectivity index (χ0v) is 12.7. The molecule has 0 spiro atoms. The maximum atomic E-state index is 11.2. The molecule has 0 amide bonds. The lowest BCUT2D eigenvalue weighted by molar-refractivity contribution is 0.410. The number of aliphatic imine (C=N–C) groups is 1. The van der Waals surface area contributed by atoms with Crippen molar-refractivity contribution in [3.8, 4) is 0 Å². The van der Waals surface area contributed by atoms with Crippen LogP contribution in [0.5, 0.6) is 0 Å². The summed E-state index contributed by atoms with van der Waals surface area (Å²) in [7, 11) is -1.37. The van der Waals surface area contributed by atoms with Crippen molar-refractivity contribution in [2.45, 2.75) is 45.1 Å². The van der Waals surface area contributed by atoms with Gasteiger partial charge in [-0.3, -0.25) is 4.99 Å². The third-order valence-corrected chi connectivity index (χ3v) is 4.69. The summed E-state index contributed by atoms with van der Waals surface area (Å²) in [6.07, 6.45) is 6.23. The van der Waals surface area contributed by atoms with Crippen molar-refractivity contribution in [3.05, 3.63) is 0 Å². The fourth-order valence-electron chi connectivity index (χ4n) is 2.12. The maximum Gasteiger partial charge on any atom is 0.211 e. The first-order valence-electron chi connectivity index (χ1n) is 7.02. The molecule has 0 aromatic heterocycles. The van der Waals surface area contributed by atoms with E-state index in [0.717, 1.165) is 5.96 Å². The zero-order valence-electron chi connectivity index (χ0n) is 11.9. The third kappa shape index (κ3) is 6.77. The van der Waals surface area contributed by atoms with Crippen LogP contribution in [0.2, 0.25) is 0 Å². The molecule has 0 bridgehead atoms. The first-order chi connectivity index (χ1) is 9.07. The van der Waals surface area contributed by atoms with Crippen molar-refractivity contribution >= 4 is 16.0 Å². The van der Waals surface area contributed by atoms with Crippen molar-refractivity contribution in [2.75, 3.05) is 25.9 Å². The number of hydrogen-bond acceptors (Lipinski definition) is 3. The van der Waals surface area contributed by atoms with E-state index in [0.29, 0.717) is 19.1 Å². The monoisotopic (exact) mass is 290 g/mol. The van der Waals surface area contributed by atoms with Crippen molar-refractivity contribution in [3.63, 3.8) is 0 Å². The van der Waals surface area contributed by atoms with E-state index in [9.17, 15) is 8.42 Å². The molecule has 1 fully saturated rings. The first-order valence-corrected chi connectivity index (χ1v) is 8.67. The second-order valence-electron chi connectivity index (χ2n) is 4.78.